The predicted octanol–water partition coefficient (Wildman–Crippen LogP) is 3.24. The molecule has 1 aliphatic carbocycles. The van der Waals surface area contributed by atoms with Crippen molar-refractivity contribution in [3.05, 3.63) is 28.2 Å². The summed E-state index contributed by atoms with van der Waals surface area (Å²) in [5.74, 6) is 0.897. The molecule has 4 heteroatoms. The summed E-state index contributed by atoms with van der Waals surface area (Å²) in [7, 11) is 1.78. The summed E-state index contributed by atoms with van der Waals surface area (Å²) in [5, 5.41) is 0. The molecule has 100 valence electrons. The van der Waals surface area contributed by atoms with Crippen LogP contribution in [0.15, 0.2) is 22.7 Å². The Hall–Kier alpha value is -0.580. The lowest BCUT2D eigenvalue weighted by Crippen LogP contribution is -2.29. The van der Waals surface area contributed by atoms with E-state index in [1.165, 1.54) is 0 Å². The lowest BCUT2D eigenvalue weighted by atomic mass is 9.95. The quantitative estimate of drug-likeness (QED) is 0.928. The van der Waals surface area contributed by atoms with Crippen molar-refractivity contribution in [3.8, 4) is 5.75 Å². The van der Waals surface area contributed by atoms with Gasteiger partial charge in [-0.25, -0.2) is 0 Å². The van der Waals surface area contributed by atoms with Gasteiger partial charge in [0.15, 0.2) is 0 Å². The van der Waals surface area contributed by atoms with Crippen molar-refractivity contribution in [1.29, 1.82) is 0 Å². The van der Waals surface area contributed by atoms with Gasteiger partial charge in [-0.15, -0.1) is 0 Å². The van der Waals surface area contributed by atoms with E-state index >= 15 is 0 Å². The van der Waals surface area contributed by atoms with E-state index in [0.29, 0.717) is 12.6 Å². The normalized spacial score (nSPS) is 23.9. The van der Waals surface area contributed by atoms with Gasteiger partial charge < -0.3 is 15.2 Å². The van der Waals surface area contributed by atoms with Crippen LogP contribution < -0.4 is 10.5 Å². The zero-order valence-corrected chi connectivity index (χ0v) is 12.3. The monoisotopic (exact) mass is 313 g/mol. The smallest absolute Gasteiger partial charge is 0.125 e. The lowest BCUT2D eigenvalue weighted by Gasteiger charge is -2.29. The zero-order valence-electron chi connectivity index (χ0n) is 10.7. The van der Waals surface area contributed by atoms with Crippen LogP contribution in [-0.2, 0) is 11.3 Å². The molecule has 18 heavy (non-hydrogen) atoms. The first-order valence-electron chi connectivity index (χ1n) is 6.41. The third-order valence-corrected chi connectivity index (χ3v) is 3.95. The van der Waals surface area contributed by atoms with E-state index in [0.717, 1.165) is 41.5 Å². The van der Waals surface area contributed by atoms with E-state index in [1.54, 1.807) is 7.11 Å². The number of hydrogen-bond acceptors (Lipinski definition) is 3. The second-order valence-corrected chi connectivity index (χ2v) is 5.64. The van der Waals surface area contributed by atoms with Crippen LogP contribution in [0.1, 0.15) is 31.2 Å². The first kappa shape index (κ1) is 13.8. The van der Waals surface area contributed by atoms with Gasteiger partial charge in [-0.05, 0) is 31.4 Å². The van der Waals surface area contributed by atoms with Crippen LogP contribution in [0, 0.1) is 0 Å². The van der Waals surface area contributed by atoms with Gasteiger partial charge in [0.2, 0.25) is 0 Å². The Bertz CT molecular complexity index is 397. The fraction of sp³-hybridized carbons (Fsp3) is 0.571. The molecule has 0 heterocycles. The van der Waals surface area contributed by atoms with E-state index in [2.05, 4.69) is 15.9 Å². The van der Waals surface area contributed by atoms with E-state index in [-0.39, 0.29) is 6.10 Å². The Balaban J connectivity index is 2.06. The standard InChI is InChI=1S/C14H20BrNO2/c1-17-12-3-2-4-13(8-12)18-14-7-11(15)6-5-10(14)9-16/h5-7,12-13H,2-4,8-9,16H2,1H3. The molecule has 0 aliphatic heterocycles. The lowest BCUT2D eigenvalue weighted by molar-refractivity contribution is 0.0206. The van der Waals surface area contributed by atoms with Crippen LogP contribution in [0.2, 0.25) is 0 Å². The number of benzene rings is 1. The summed E-state index contributed by atoms with van der Waals surface area (Å²) in [4.78, 5) is 0. The van der Waals surface area contributed by atoms with Crippen LogP contribution in [0.25, 0.3) is 0 Å². The van der Waals surface area contributed by atoms with Crippen molar-refractivity contribution < 1.29 is 9.47 Å². The summed E-state index contributed by atoms with van der Waals surface area (Å²) < 4.78 is 12.5. The molecule has 1 aliphatic rings. The Kier molecular flexibility index (Phi) is 5.03. The first-order valence-corrected chi connectivity index (χ1v) is 7.20. The molecule has 1 aromatic rings. The minimum absolute atomic E-state index is 0.239. The zero-order chi connectivity index (χ0) is 13.0. The average Bonchev–Trinajstić information content (AvgIpc) is 2.39. The minimum Gasteiger partial charge on any atom is -0.490 e. The molecule has 2 N–H and O–H groups in total. The van der Waals surface area contributed by atoms with Crippen molar-refractivity contribution in [3.63, 3.8) is 0 Å². The topological polar surface area (TPSA) is 44.5 Å². The number of ether oxygens (including phenoxy) is 2. The summed E-state index contributed by atoms with van der Waals surface area (Å²) in [6.45, 7) is 0.503. The third-order valence-electron chi connectivity index (χ3n) is 3.45. The molecule has 0 spiro atoms. The second kappa shape index (κ2) is 6.55. The number of rotatable bonds is 4. The van der Waals surface area contributed by atoms with Crippen LogP contribution in [0.4, 0.5) is 0 Å². The van der Waals surface area contributed by atoms with Gasteiger partial charge in [0.25, 0.3) is 0 Å². The summed E-state index contributed by atoms with van der Waals surface area (Å²) >= 11 is 3.47. The van der Waals surface area contributed by atoms with Crippen molar-refractivity contribution >= 4 is 15.9 Å². The maximum Gasteiger partial charge on any atom is 0.125 e. The van der Waals surface area contributed by atoms with Crippen LogP contribution in [0.5, 0.6) is 5.75 Å². The van der Waals surface area contributed by atoms with Crippen LogP contribution >= 0.6 is 15.9 Å². The highest BCUT2D eigenvalue weighted by atomic mass is 79.9. The van der Waals surface area contributed by atoms with Gasteiger partial charge in [-0.3, -0.25) is 0 Å². The number of methoxy groups -OCH3 is 1. The number of hydrogen-bond donors (Lipinski definition) is 1. The molecule has 2 unspecified atom stereocenters. The molecule has 0 bridgehead atoms. The highest BCUT2D eigenvalue weighted by molar-refractivity contribution is 9.10. The third kappa shape index (κ3) is 3.46. The Morgan fingerprint density at radius 3 is 2.83 bits per heavy atom. The fourth-order valence-corrected chi connectivity index (χ4v) is 2.75. The molecular formula is C14H20BrNO2. The molecule has 0 amide bonds. The fourth-order valence-electron chi connectivity index (χ4n) is 2.41. The van der Waals surface area contributed by atoms with E-state index in [9.17, 15) is 0 Å². The van der Waals surface area contributed by atoms with Gasteiger partial charge in [-0.2, -0.15) is 0 Å². The van der Waals surface area contributed by atoms with Gasteiger partial charge in [-0.1, -0.05) is 22.0 Å². The maximum absolute atomic E-state index is 6.10. The second-order valence-electron chi connectivity index (χ2n) is 4.72. The Morgan fingerprint density at radius 2 is 2.11 bits per heavy atom. The Labute approximate surface area is 117 Å². The molecule has 2 atom stereocenters. The van der Waals surface area contributed by atoms with Crippen molar-refractivity contribution in [1.82, 2.24) is 0 Å². The Morgan fingerprint density at radius 1 is 1.33 bits per heavy atom. The first-order chi connectivity index (χ1) is 8.72. The predicted molar refractivity (Wildman–Crippen MR) is 75.7 cm³/mol. The minimum atomic E-state index is 0.239. The molecule has 0 saturated heterocycles. The van der Waals surface area contributed by atoms with E-state index < -0.39 is 0 Å². The summed E-state index contributed by atoms with van der Waals surface area (Å²) in [6, 6.07) is 6.00. The average molecular weight is 314 g/mol. The van der Waals surface area contributed by atoms with Crippen molar-refractivity contribution in [2.24, 2.45) is 5.73 Å². The van der Waals surface area contributed by atoms with Crippen molar-refractivity contribution in [2.75, 3.05) is 7.11 Å². The van der Waals surface area contributed by atoms with Crippen molar-refractivity contribution in [2.45, 2.75) is 44.4 Å². The highest BCUT2D eigenvalue weighted by Crippen LogP contribution is 2.29. The largest absolute Gasteiger partial charge is 0.490 e. The van der Waals surface area contributed by atoms with Crippen LogP contribution in [0.3, 0.4) is 0 Å². The van der Waals surface area contributed by atoms with Gasteiger partial charge >= 0.3 is 0 Å². The van der Waals surface area contributed by atoms with Gasteiger partial charge in [0.05, 0.1) is 6.10 Å². The van der Waals surface area contributed by atoms with E-state index in [4.69, 9.17) is 15.2 Å². The molecule has 3 nitrogen and oxygen atoms in total. The molecule has 1 fully saturated rings. The SMILES string of the molecule is COC1CCCC(Oc2cc(Br)ccc2CN)C1. The summed E-state index contributed by atoms with van der Waals surface area (Å²) in [6.07, 6.45) is 4.93. The van der Waals surface area contributed by atoms with Gasteiger partial charge in [0, 0.05) is 30.1 Å². The molecule has 1 saturated carbocycles. The number of halogens is 1. The molecule has 0 radical (unpaired) electrons. The maximum atomic E-state index is 6.10. The number of nitrogens with two attached hydrogens (primary N) is 1. The van der Waals surface area contributed by atoms with E-state index in [1.807, 2.05) is 18.2 Å². The van der Waals surface area contributed by atoms with Gasteiger partial charge in [0.1, 0.15) is 11.9 Å². The molecular weight excluding hydrogens is 294 g/mol. The summed E-state index contributed by atoms with van der Waals surface area (Å²) in [5.41, 5.74) is 6.79. The molecule has 0 aromatic heterocycles. The van der Waals surface area contributed by atoms with Crippen LogP contribution in [-0.4, -0.2) is 19.3 Å². The molecule has 1 aromatic carbocycles. The molecule has 2 rings (SSSR count). The highest BCUT2D eigenvalue weighted by Gasteiger charge is 2.23.